The molecule has 1 aliphatic rings. The average molecular weight is 216 g/mol. The molecule has 1 N–H and O–H groups in total. The van der Waals surface area contributed by atoms with Crippen molar-refractivity contribution >= 4 is 5.52 Å². The van der Waals surface area contributed by atoms with Crippen molar-refractivity contribution in [3.63, 3.8) is 0 Å². The zero-order chi connectivity index (χ0) is 11.0. The topological polar surface area (TPSA) is 37.5 Å². The number of nitrogens with zero attached hydrogens (tertiary/aromatic N) is 2. The molecule has 2 aromatic heterocycles. The molecule has 3 rings (SSSR count). The fraction of sp³-hybridized carbons (Fsp3) is 0.462. The lowest BCUT2D eigenvalue weighted by atomic mass is 9.89. The first-order valence-corrected chi connectivity index (χ1v) is 6.01. The van der Waals surface area contributed by atoms with Crippen LogP contribution in [0.5, 0.6) is 5.88 Å². The highest BCUT2D eigenvalue weighted by molar-refractivity contribution is 5.49. The summed E-state index contributed by atoms with van der Waals surface area (Å²) in [6.07, 6.45) is 8.16. The summed E-state index contributed by atoms with van der Waals surface area (Å²) in [6, 6.07) is 5.57. The van der Waals surface area contributed by atoms with E-state index in [4.69, 9.17) is 0 Å². The van der Waals surface area contributed by atoms with Crippen molar-refractivity contribution in [1.82, 2.24) is 9.38 Å². The molecule has 3 nitrogen and oxygen atoms in total. The van der Waals surface area contributed by atoms with Crippen LogP contribution in [0, 0.1) is 0 Å². The van der Waals surface area contributed by atoms with Crippen LogP contribution in [-0.4, -0.2) is 14.5 Å². The number of hydrogen-bond donors (Lipinski definition) is 1. The molecule has 0 radical (unpaired) electrons. The standard InChI is InChI=1S/C13H16N2O/c16-12-8-4-7-11-9-14-13(15(11)12)10-5-2-1-3-6-10/h4,7-10,16H,1-3,5-6H2. The molecular weight excluding hydrogens is 200 g/mol. The predicted molar refractivity (Wildman–Crippen MR) is 62.7 cm³/mol. The van der Waals surface area contributed by atoms with Crippen LogP contribution in [0.2, 0.25) is 0 Å². The Bertz CT molecular complexity index is 498. The van der Waals surface area contributed by atoms with Crippen LogP contribution >= 0.6 is 0 Å². The molecule has 2 heterocycles. The van der Waals surface area contributed by atoms with Gasteiger partial charge in [-0.3, -0.25) is 4.40 Å². The number of pyridine rings is 1. The van der Waals surface area contributed by atoms with Gasteiger partial charge >= 0.3 is 0 Å². The zero-order valence-corrected chi connectivity index (χ0v) is 9.26. The summed E-state index contributed by atoms with van der Waals surface area (Å²) in [5.74, 6) is 1.85. The first-order valence-electron chi connectivity index (χ1n) is 6.01. The summed E-state index contributed by atoms with van der Waals surface area (Å²) >= 11 is 0. The Balaban J connectivity index is 2.09. The first-order chi connectivity index (χ1) is 7.86. The summed E-state index contributed by atoms with van der Waals surface area (Å²) in [4.78, 5) is 4.48. The molecule has 0 amide bonds. The van der Waals surface area contributed by atoms with Gasteiger partial charge in [0.05, 0.1) is 11.7 Å². The Labute approximate surface area is 94.7 Å². The Kier molecular flexibility index (Phi) is 2.31. The third kappa shape index (κ3) is 1.47. The second-order valence-corrected chi connectivity index (χ2v) is 4.60. The third-order valence-electron chi connectivity index (χ3n) is 3.53. The second-order valence-electron chi connectivity index (χ2n) is 4.60. The lowest BCUT2D eigenvalue weighted by Crippen LogP contribution is -2.08. The first kappa shape index (κ1) is 9.70. The van der Waals surface area contributed by atoms with Crippen LogP contribution in [0.15, 0.2) is 24.4 Å². The number of rotatable bonds is 1. The molecule has 0 aromatic carbocycles. The average Bonchev–Trinajstić information content (AvgIpc) is 2.75. The summed E-state index contributed by atoms with van der Waals surface area (Å²) in [5.41, 5.74) is 0.987. The highest BCUT2D eigenvalue weighted by Crippen LogP contribution is 2.33. The van der Waals surface area contributed by atoms with E-state index in [0.717, 1.165) is 11.3 Å². The maximum atomic E-state index is 9.89. The minimum atomic E-state index is 0.301. The molecule has 1 saturated carbocycles. The lowest BCUT2D eigenvalue weighted by molar-refractivity contribution is 0.407. The Morgan fingerprint density at radius 2 is 2.00 bits per heavy atom. The van der Waals surface area contributed by atoms with Gasteiger partial charge in [-0.15, -0.1) is 0 Å². The fourth-order valence-corrected chi connectivity index (χ4v) is 2.70. The molecule has 1 fully saturated rings. The van der Waals surface area contributed by atoms with Gasteiger partial charge in [-0.05, 0) is 25.0 Å². The molecule has 16 heavy (non-hydrogen) atoms. The van der Waals surface area contributed by atoms with E-state index in [2.05, 4.69) is 4.98 Å². The number of imidazole rings is 1. The van der Waals surface area contributed by atoms with E-state index in [1.54, 1.807) is 6.07 Å². The fourth-order valence-electron chi connectivity index (χ4n) is 2.70. The SMILES string of the molecule is Oc1cccc2cnc(C3CCCCC3)n12. The molecule has 0 aliphatic heterocycles. The van der Waals surface area contributed by atoms with Crippen molar-refractivity contribution in [2.24, 2.45) is 0 Å². The minimum Gasteiger partial charge on any atom is -0.494 e. The predicted octanol–water partition coefficient (Wildman–Crippen LogP) is 3.09. The smallest absolute Gasteiger partial charge is 0.197 e. The molecule has 2 aromatic rings. The Morgan fingerprint density at radius 3 is 2.81 bits per heavy atom. The van der Waals surface area contributed by atoms with Crippen LogP contribution < -0.4 is 0 Å². The van der Waals surface area contributed by atoms with Gasteiger partial charge in [-0.1, -0.05) is 25.3 Å². The lowest BCUT2D eigenvalue weighted by Gasteiger charge is -2.20. The van der Waals surface area contributed by atoms with Gasteiger partial charge in [0.1, 0.15) is 5.82 Å². The molecule has 84 valence electrons. The number of aromatic nitrogens is 2. The third-order valence-corrected chi connectivity index (χ3v) is 3.53. The molecular formula is C13H16N2O. The molecule has 1 aliphatic carbocycles. The van der Waals surface area contributed by atoms with Crippen molar-refractivity contribution < 1.29 is 5.11 Å². The van der Waals surface area contributed by atoms with Gasteiger partial charge in [-0.2, -0.15) is 0 Å². The minimum absolute atomic E-state index is 0.301. The normalized spacial score (nSPS) is 18.0. The van der Waals surface area contributed by atoms with Gasteiger partial charge < -0.3 is 5.11 Å². The van der Waals surface area contributed by atoms with E-state index in [0.29, 0.717) is 11.8 Å². The zero-order valence-electron chi connectivity index (χ0n) is 9.26. The summed E-state index contributed by atoms with van der Waals surface area (Å²) in [5, 5.41) is 9.89. The van der Waals surface area contributed by atoms with Gasteiger partial charge in [0, 0.05) is 5.92 Å². The van der Waals surface area contributed by atoms with Crippen LogP contribution in [-0.2, 0) is 0 Å². The molecule has 3 heteroatoms. The highest BCUT2D eigenvalue weighted by Gasteiger charge is 2.20. The maximum absolute atomic E-state index is 9.89. The molecule has 0 unspecified atom stereocenters. The van der Waals surface area contributed by atoms with Crippen molar-refractivity contribution in [2.75, 3.05) is 0 Å². The summed E-state index contributed by atoms with van der Waals surface area (Å²) in [7, 11) is 0. The monoisotopic (exact) mass is 216 g/mol. The summed E-state index contributed by atoms with van der Waals surface area (Å²) in [6.45, 7) is 0. The molecule has 0 saturated heterocycles. The second kappa shape index (κ2) is 3.81. The van der Waals surface area contributed by atoms with E-state index in [1.807, 2.05) is 22.7 Å². The largest absolute Gasteiger partial charge is 0.494 e. The van der Waals surface area contributed by atoms with E-state index < -0.39 is 0 Å². The van der Waals surface area contributed by atoms with Crippen molar-refractivity contribution in [1.29, 1.82) is 0 Å². The number of fused-ring (bicyclic) bond motifs is 1. The van der Waals surface area contributed by atoms with Gasteiger partial charge in [-0.25, -0.2) is 4.98 Å². The summed E-state index contributed by atoms with van der Waals surface area (Å²) < 4.78 is 1.88. The Morgan fingerprint density at radius 1 is 1.19 bits per heavy atom. The highest BCUT2D eigenvalue weighted by atomic mass is 16.3. The van der Waals surface area contributed by atoms with Crippen molar-refractivity contribution in [2.45, 2.75) is 38.0 Å². The van der Waals surface area contributed by atoms with Crippen LogP contribution in [0.25, 0.3) is 5.52 Å². The van der Waals surface area contributed by atoms with E-state index in [-0.39, 0.29) is 0 Å². The van der Waals surface area contributed by atoms with Gasteiger partial charge in [0.15, 0.2) is 5.88 Å². The van der Waals surface area contributed by atoms with Crippen LogP contribution in [0.1, 0.15) is 43.8 Å². The van der Waals surface area contributed by atoms with Crippen molar-refractivity contribution in [3.05, 3.63) is 30.2 Å². The van der Waals surface area contributed by atoms with Gasteiger partial charge in [0.25, 0.3) is 0 Å². The number of aromatic hydroxyl groups is 1. The molecule has 0 spiro atoms. The van der Waals surface area contributed by atoms with E-state index in [9.17, 15) is 5.11 Å². The quantitative estimate of drug-likeness (QED) is 0.795. The molecule has 0 atom stereocenters. The van der Waals surface area contributed by atoms with Crippen molar-refractivity contribution in [3.8, 4) is 5.88 Å². The van der Waals surface area contributed by atoms with E-state index in [1.165, 1.54) is 32.1 Å². The van der Waals surface area contributed by atoms with Crippen LogP contribution in [0.4, 0.5) is 0 Å². The Hall–Kier alpha value is -1.51. The van der Waals surface area contributed by atoms with Crippen LogP contribution in [0.3, 0.4) is 0 Å². The van der Waals surface area contributed by atoms with E-state index >= 15 is 0 Å². The maximum Gasteiger partial charge on any atom is 0.197 e. The number of hydrogen-bond acceptors (Lipinski definition) is 2. The van der Waals surface area contributed by atoms with Gasteiger partial charge in [0.2, 0.25) is 0 Å². The molecule has 0 bridgehead atoms.